The number of ether oxygens (including phenoxy) is 1. The number of rotatable bonds is 6. The second kappa shape index (κ2) is 9.62. The highest BCUT2D eigenvalue weighted by atomic mass is 16.5. The summed E-state index contributed by atoms with van der Waals surface area (Å²) in [5, 5.41) is 22.0. The summed E-state index contributed by atoms with van der Waals surface area (Å²) in [4.78, 5) is 17.2. The quantitative estimate of drug-likeness (QED) is 0.410. The molecule has 0 unspecified atom stereocenters. The number of aryl methyl sites for hydroxylation is 1. The Morgan fingerprint density at radius 1 is 1.12 bits per heavy atom. The Balaban J connectivity index is 1.31. The number of anilines is 1. The largest absolute Gasteiger partial charge is 0.490 e. The van der Waals surface area contributed by atoms with Gasteiger partial charge in [0.15, 0.2) is 0 Å². The maximum atomic E-state index is 12.8. The molecule has 1 fully saturated rings. The molecule has 0 spiro atoms. The molecular weight excluding hydrogens is 430 g/mol. The number of aliphatic hydroxyl groups excluding tert-OH is 1. The van der Waals surface area contributed by atoms with Crippen LogP contribution in [0.5, 0.6) is 5.75 Å². The van der Waals surface area contributed by atoms with Gasteiger partial charge in [0.05, 0.1) is 18.5 Å². The molecule has 0 aliphatic carbocycles. The van der Waals surface area contributed by atoms with Gasteiger partial charge in [0.25, 0.3) is 5.91 Å². The number of hydrogen-bond donors (Lipinski definition) is 3. The summed E-state index contributed by atoms with van der Waals surface area (Å²) in [6.45, 7) is 1.84. The summed E-state index contributed by atoms with van der Waals surface area (Å²) >= 11 is 0. The summed E-state index contributed by atoms with van der Waals surface area (Å²) in [5.74, 6) is 1.02. The maximum Gasteiger partial charge on any atom is 0.256 e. The Labute approximate surface area is 197 Å². The van der Waals surface area contributed by atoms with Crippen molar-refractivity contribution < 1.29 is 14.6 Å². The van der Waals surface area contributed by atoms with Crippen molar-refractivity contribution in [2.24, 2.45) is 7.05 Å². The molecule has 8 nitrogen and oxygen atoms in total. The fourth-order valence-electron chi connectivity index (χ4n) is 4.25. The monoisotopic (exact) mass is 457 g/mol. The summed E-state index contributed by atoms with van der Waals surface area (Å²) in [6, 6.07) is 15.0. The summed E-state index contributed by atoms with van der Waals surface area (Å²) in [7, 11) is 1.81. The zero-order valence-corrected chi connectivity index (χ0v) is 19.0. The number of carbonyl (C=O) groups is 1. The number of benzene rings is 2. The van der Waals surface area contributed by atoms with E-state index in [0.29, 0.717) is 11.4 Å². The third-order valence-electron chi connectivity index (χ3n) is 6.19. The lowest BCUT2D eigenvalue weighted by molar-refractivity contribution is 0.102. The molecule has 3 N–H and O–H groups in total. The first-order valence-electron chi connectivity index (χ1n) is 11.4. The number of nitrogens with one attached hydrogen (secondary N) is 2. The predicted molar refractivity (Wildman–Crippen MR) is 131 cm³/mol. The van der Waals surface area contributed by atoms with Crippen LogP contribution in [0.3, 0.4) is 0 Å². The van der Waals surface area contributed by atoms with Crippen molar-refractivity contribution in [3.05, 3.63) is 72.2 Å². The third kappa shape index (κ3) is 4.64. The molecule has 4 aromatic rings. The molecule has 2 aromatic heterocycles. The third-order valence-corrected chi connectivity index (χ3v) is 6.19. The minimum Gasteiger partial charge on any atom is -0.490 e. The molecule has 34 heavy (non-hydrogen) atoms. The van der Waals surface area contributed by atoms with E-state index in [1.165, 1.54) is 0 Å². The summed E-state index contributed by atoms with van der Waals surface area (Å²) in [6.07, 6.45) is 5.67. The minimum atomic E-state index is -0.230. The van der Waals surface area contributed by atoms with Crippen molar-refractivity contribution in [2.45, 2.75) is 25.6 Å². The first-order valence-corrected chi connectivity index (χ1v) is 11.4. The molecule has 0 saturated carbocycles. The van der Waals surface area contributed by atoms with E-state index in [0.717, 1.165) is 59.3 Å². The van der Waals surface area contributed by atoms with Gasteiger partial charge in [0.2, 0.25) is 0 Å². The number of aromatic nitrogens is 3. The van der Waals surface area contributed by atoms with Gasteiger partial charge in [0, 0.05) is 29.8 Å². The van der Waals surface area contributed by atoms with Crippen LogP contribution in [0.25, 0.3) is 21.9 Å². The Morgan fingerprint density at radius 3 is 2.68 bits per heavy atom. The van der Waals surface area contributed by atoms with E-state index in [4.69, 9.17) is 4.74 Å². The SMILES string of the molecule is Cn1ncc(-c2ccc3cnc(NC(=O)c4ccc(OC5CCNCC5)cc4)cc3c2)c1CO. The van der Waals surface area contributed by atoms with Crippen LogP contribution in [0.2, 0.25) is 0 Å². The van der Waals surface area contributed by atoms with Gasteiger partial charge in [0.1, 0.15) is 17.7 Å². The number of nitrogens with zero attached hydrogens (tertiary/aromatic N) is 3. The van der Waals surface area contributed by atoms with E-state index in [2.05, 4.69) is 20.7 Å². The lowest BCUT2D eigenvalue weighted by Crippen LogP contribution is -2.34. The molecule has 0 bridgehead atoms. The zero-order valence-electron chi connectivity index (χ0n) is 19.0. The van der Waals surface area contributed by atoms with Gasteiger partial charge in [-0.2, -0.15) is 5.10 Å². The van der Waals surface area contributed by atoms with Gasteiger partial charge in [-0.25, -0.2) is 4.98 Å². The number of piperidine rings is 1. The fourth-order valence-corrected chi connectivity index (χ4v) is 4.25. The molecule has 2 aromatic carbocycles. The molecule has 0 radical (unpaired) electrons. The number of aliphatic hydroxyl groups is 1. The Bertz CT molecular complexity index is 1310. The Hall–Kier alpha value is -3.75. The highest BCUT2D eigenvalue weighted by Crippen LogP contribution is 2.28. The van der Waals surface area contributed by atoms with Crippen LogP contribution in [0.1, 0.15) is 28.9 Å². The number of pyridine rings is 1. The van der Waals surface area contributed by atoms with Crippen molar-refractivity contribution in [2.75, 3.05) is 18.4 Å². The van der Waals surface area contributed by atoms with Gasteiger partial charge >= 0.3 is 0 Å². The first kappa shape index (κ1) is 22.1. The van der Waals surface area contributed by atoms with E-state index in [1.54, 1.807) is 36.3 Å². The Kier molecular flexibility index (Phi) is 6.24. The van der Waals surface area contributed by atoms with E-state index in [-0.39, 0.29) is 18.6 Å². The second-order valence-corrected chi connectivity index (χ2v) is 8.46. The van der Waals surface area contributed by atoms with Crippen LogP contribution in [-0.4, -0.2) is 45.0 Å². The number of hydrogen-bond acceptors (Lipinski definition) is 6. The van der Waals surface area contributed by atoms with Crippen LogP contribution in [0.15, 0.2) is 60.9 Å². The highest BCUT2D eigenvalue weighted by molar-refractivity contribution is 6.04. The van der Waals surface area contributed by atoms with Crippen LogP contribution in [0, 0.1) is 0 Å². The number of amides is 1. The average molecular weight is 458 g/mol. The second-order valence-electron chi connectivity index (χ2n) is 8.46. The smallest absolute Gasteiger partial charge is 0.256 e. The molecule has 5 rings (SSSR count). The topological polar surface area (TPSA) is 101 Å². The highest BCUT2D eigenvalue weighted by Gasteiger charge is 2.15. The Morgan fingerprint density at radius 2 is 1.91 bits per heavy atom. The average Bonchev–Trinajstić information content (AvgIpc) is 3.25. The summed E-state index contributed by atoms with van der Waals surface area (Å²) in [5.41, 5.74) is 3.10. The fraction of sp³-hybridized carbons (Fsp3) is 0.269. The van der Waals surface area contributed by atoms with Crippen LogP contribution < -0.4 is 15.4 Å². The number of carbonyl (C=O) groups excluding carboxylic acids is 1. The molecule has 1 aliphatic heterocycles. The van der Waals surface area contributed by atoms with Gasteiger partial charge in [-0.15, -0.1) is 0 Å². The van der Waals surface area contributed by atoms with Gasteiger partial charge in [-0.1, -0.05) is 12.1 Å². The molecule has 8 heteroatoms. The predicted octanol–water partition coefficient (Wildman–Crippen LogP) is 3.51. The number of fused-ring (bicyclic) bond motifs is 1. The standard InChI is InChI=1S/C26H27N5O3/c1-31-24(16-32)23(15-29-31)18-2-3-19-14-28-25(13-20(19)12-18)30-26(33)17-4-6-21(7-5-17)34-22-8-10-27-11-9-22/h2-7,12-15,22,27,32H,8-11,16H2,1H3,(H,28,30,33). The van der Waals surface area contributed by atoms with Gasteiger partial charge in [-0.05, 0) is 73.3 Å². The van der Waals surface area contributed by atoms with E-state index in [9.17, 15) is 9.90 Å². The van der Waals surface area contributed by atoms with Crippen LogP contribution >= 0.6 is 0 Å². The van der Waals surface area contributed by atoms with E-state index < -0.39 is 0 Å². The van der Waals surface area contributed by atoms with Crippen molar-refractivity contribution in [1.29, 1.82) is 0 Å². The molecule has 174 valence electrons. The summed E-state index contributed by atoms with van der Waals surface area (Å²) < 4.78 is 7.68. The van der Waals surface area contributed by atoms with Crippen LogP contribution in [0.4, 0.5) is 5.82 Å². The van der Waals surface area contributed by atoms with Crippen molar-refractivity contribution >= 4 is 22.5 Å². The molecule has 1 saturated heterocycles. The van der Waals surface area contributed by atoms with Crippen molar-refractivity contribution in [1.82, 2.24) is 20.1 Å². The van der Waals surface area contributed by atoms with Crippen molar-refractivity contribution in [3.63, 3.8) is 0 Å². The van der Waals surface area contributed by atoms with E-state index in [1.807, 2.05) is 36.4 Å². The molecule has 3 heterocycles. The van der Waals surface area contributed by atoms with Crippen LogP contribution in [-0.2, 0) is 13.7 Å². The van der Waals surface area contributed by atoms with Crippen molar-refractivity contribution in [3.8, 4) is 16.9 Å². The molecule has 1 amide bonds. The lowest BCUT2D eigenvalue weighted by atomic mass is 10.0. The maximum absolute atomic E-state index is 12.8. The molecule has 1 aliphatic rings. The molecule has 0 atom stereocenters. The first-order chi connectivity index (χ1) is 16.6. The van der Waals surface area contributed by atoms with Gasteiger partial charge in [-0.3, -0.25) is 9.48 Å². The zero-order chi connectivity index (χ0) is 23.5. The molecular formula is C26H27N5O3. The van der Waals surface area contributed by atoms with E-state index >= 15 is 0 Å². The minimum absolute atomic E-state index is 0.0940. The normalized spacial score (nSPS) is 14.3. The lowest BCUT2D eigenvalue weighted by Gasteiger charge is -2.23. The van der Waals surface area contributed by atoms with Gasteiger partial charge < -0.3 is 20.5 Å².